The first-order valence-corrected chi connectivity index (χ1v) is 9.91. The Bertz CT molecular complexity index is 825. The van der Waals surface area contributed by atoms with Gasteiger partial charge in [-0.25, -0.2) is 8.78 Å². The number of esters is 1. The van der Waals surface area contributed by atoms with Gasteiger partial charge in [-0.15, -0.1) is 0 Å². The molecule has 0 aliphatic carbocycles. The summed E-state index contributed by atoms with van der Waals surface area (Å²) in [4.78, 5) is 14.7. The average Bonchev–Trinajstić information content (AvgIpc) is 2.91. The lowest BCUT2D eigenvalue weighted by Crippen LogP contribution is -2.57. The van der Waals surface area contributed by atoms with Crippen molar-refractivity contribution in [2.45, 2.75) is 49.5 Å². The van der Waals surface area contributed by atoms with E-state index in [0.29, 0.717) is 6.42 Å². The topological polar surface area (TPSA) is 38.8 Å². The van der Waals surface area contributed by atoms with Gasteiger partial charge < -0.3 is 9.47 Å². The van der Waals surface area contributed by atoms with E-state index in [9.17, 15) is 13.6 Å². The molecule has 2 aliphatic rings. The van der Waals surface area contributed by atoms with Crippen LogP contribution in [0.1, 0.15) is 42.9 Å². The number of nitrogens with zero attached hydrogens (tertiary/aromatic N) is 1. The Balaban J connectivity index is 1.63. The summed E-state index contributed by atoms with van der Waals surface area (Å²) in [5.41, 5.74) is 0.908. The summed E-state index contributed by atoms with van der Waals surface area (Å²) in [7, 11) is 3.39. The van der Waals surface area contributed by atoms with Crippen LogP contribution in [0.5, 0.6) is 0 Å². The van der Waals surface area contributed by atoms with Crippen LogP contribution in [0.2, 0.25) is 0 Å². The number of carbonyl (C=O) groups is 1. The van der Waals surface area contributed by atoms with Crippen molar-refractivity contribution in [1.82, 2.24) is 4.90 Å². The smallest absolute Gasteiger partial charge is 0.326 e. The van der Waals surface area contributed by atoms with E-state index in [2.05, 4.69) is 4.90 Å². The maximum absolute atomic E-state index is 13.4. The lowest BCUT2D eigenvalue weighted by molar-refractivity contribution is -0.161. The molecule has 2 fully saturated rings. The van der Waals surface area contributed by atoms with Gasteiger partial charge in [0.05, 0.1) is 13.2 Å². The highest BCUT2D eigenvalue weighted by Gasteiger charge is 2.56. The minimum atomic E-state index is -0.668. The van der Waals surface area contributed by atoms with E-state index in [-0.39, 0.29) is 29.7 Å². The van der Waals surface area contributed by atoms with Crippen LogP contribution in [0.3, 0.4) is 0 Å². The van der Waals surface area contributed by atoms with Crippen LogP contribution in [0.4, 0.5) is 8.78 Å². The molecule has 0 amide bonds. The third-order valence-electron chi connectivity index (χ3n) is 6.45. The second-order valence-electron chi connectivity index (χ2n) is 8.01. The maximum atomic E-state index is 13.4. The molecule has 4 nitrogen and oxygen atoms in total. The summed E-state index contributed by atoms with van der Waals surface area (Å²) in [5.74, 6) is -0.877. The van der Waals surface area contributed by atoms with Crippen LogP contribution in [-0.4, -0.2) is 42.7 Å². The molecule has 154 valence electrons. The van der Waals surface area contributed by atoms with Crippen molar-refractivity contribution < 1.29 is 23.0 Å². The molecular weight excluding hydrogens is 376 g/mol. The molecule has 2 heterocycles. The summed E-state index contributed by atoms with van der Waals surface area (Å²) in [6.07, 6.45) is 2.36. The minimum absolute atomic E-state index is 0.169. The molecule has 0 unspecified atom stereocenters. The molecule has 29 heavy (non-hydrogen) atoms. The molecule has 2 saturated heterocycles. The number of hydrogen-bond acceptors (Lipinski definition) is 4. The Morgan fingerprint density at radius 1 is 1.07 bits per heavy atom. The number of benzene rings is 2. The molecule has 2 aliphatic heterocycles. The van der Waals surface area contributed by atoms with Crippen LogP contribution in [0.25, 0.3) is 0 Å². The molecular formula is C23H25F2NO3. The molecule has 0 N–H and O–H groups in total. The van der Waals surface area contributed by atoms with Crippen LogP contribution < -0.4 is 0 Å². The molecule has 0 saturated carbocycles. The molecule has 6 heteroatoms. The van der Waals surface area contributed by atoms with Gasteiger partial charge in [0, 0.05) is 12.5 Å². The van der Waals surface area contributed by atoms with Crippen molar-refractivity contribution in [1.29, 1.82) is 0 Å². The first-order valence-electron chi connectivity index (χ1n) is 9.91. The van der Waals surface area contributed by atoms with Gasteiger partial charge in [-0.05, 0) is 61.7 Å². The number of rotatable bonds is 5. The van der Waals surface area contributed by atoms with E-state index >= 15 is 0 Å². The van der Waals surface area contributed by atoms with Gasteiger partial charge >= 0.3 is 5.97 Å². The summed E-state index contributed by atoms with van der Waals surface area (Å²) >= 11 is 0. The van der Waals surface area contributed by atoms with Gasteiger partial charge in [0.2, 0.25) is 0 Å². The first-order chi connectivity index (χ1) is 13.9. The van der Waals surface area contributed by atoms with Crippen molar-refractivity contribution in [2.75, 3.05) is 14.2 Å². The van der Waals surface area contributed by atoms with Crippen molar-refractivity contribution in [3.8, 4) is 0 Å². The quantitative estimate of drug-likeness (QED) is 0.703. The Morgan fingerprint density at radius 2 is 1.62 bits per heavy atom. The van der Waals surface area contributed by atoms with Crippen LogP contribution >= 0.6 is 0 Å². The number of ether oxygens (including phenoxy) is 2. The largest absolute Gasteiger partial charge is 0.468 e. The highest BCUT2D eigenvalue weighted by Crippen LogP contribution is 2.46. The SMILES string of the molecule is COC(=O)[C@@]12CC[C@@H](C[C@@H](OC(c3ccc(F)cc3)c3ccc(F)cc3)C1)N2C. The summed E-state index contributed by atoms with van der Waals surface area (Å²) < 4.78 is 38.5. The van der Waals surface area contributed by atoms with E-state index in [1.54, 1.807) is 24.3 Å². The fraction of sp³-hybridized carbons (Fsp3) is 0.435. The van der Waals surface area contributed by atoms with Crippen molar-refractivity contribution >= 4 is 5.97 Å². The lowest BCUT2D eigenvalue weighted by atomic mass is 9.86. The molecule has 3 atom stereocenters. The second kappa shape index (κ2) is 7.84. The number of likely N-dealkylation sites (N-methyl/N-ethyl adjacent to an activating group) is 1. The fourth-order valence-electron chi connectivity index (χ4n) is 4.85. The Morgan fingerprint density at radius 3 is 2.14 bits per heavy atom. The van der Waals surface area contributed by atoms with E-state index in [4.69, 9.17) is 9.47 Å². The highest BCUT2D eigenvalue weighted by atomic mass is 19.1. The van der Waals surface area contributed by atoms with Crippen molar-refractivity contribution in [2.24, 2.45) is 0 Å². The lowest BCUT2D eigenvalue weighted by Gasteiger charge is -2.44. The highest BCUT2D eigenvalue weighted by molar-refractivity contribution is 5.81. The van der Waals surface area contributed by atoms with E-state index in [1.807, 2.05) is 7.05 Å². The van der Waals surface area contributed by atoms with Crippen molar-refractivity contribution in [3.05, 3.63) is 71.3 Å². The predicted molar refractivity (Wildman–Crippen MR) is 104 cm³/mol. The number of hydrogen-bond donors (Lipinski definition) is 0. The van der Waals surface area contributed by atoms with E-state index < -0.39 is 11.6 Å². The number of piperidine rings is 1. The van der Waals surface area contributed by atoms with Crippen molar-refractivity contribution in [3.63, 3.8) is 0 Å². The summed E-state index contributed by atoms with van der Waals surface area (Å²) in [6, 6.07) is 12.5. The molecule has 2 bridgehead atoms. The standard InChI is InChI=1S/C23H25F2NO3/c1-26-19-11-12-23(26,22(27)28-2)14-20(13-19)29-21(15-3-7-17(24)8-4-15)16-5-9-18(25)10-6-16/h3-10,19-21H,11-14H2,1-2H3/t19-,20+,23+/m0/s1. The number of fused-ring (bicyclic) bond motifs is 2. The zero-order valence-electron chi connectivity index (χ0n) is 16.6. The van der Waals surface area contributed by atoms with Crippen LogP contribution in [0.15, 0.2) is 48.5 Å². The van der Waals surface area contributed by atoms with E-state index in [0.717, 1.165) is 30.4 Å². The van der Waals surface area contributed by atoms with Crippen LogP contribution in [-0.2, 0) is 14.3 Å². The summed E-state index contributed by atoms with van der Waals surface area (Å²) in [5, 5.41) is 0. The fourth-order valence-corrected chi connectivity index (χ4v) is 4.85. The molecule has 2 aromatic rings. The maximum Gasteiger partial charge on any atom is 0.326 e. The van der Waals surface area contributed by atoms with Gasteiger partial charge in [-0.2, -0.15) is 0 Å². The van der Waals surface area contributed by atoms with Gasteiger partial charge in [0.25, 0.3) is 0 Å². The Labute approximate surface area is 169 Å². The van der Waals surface area contributed by atoms with Gasteiger partial charge in [-0.1, -0.05) is 24.3 Å². The molecule has 0 radical (unpaired) electrons. The minimum Gasteiger partial charge on any atom is -0.468 e. The molecule has 2 aromatic carbocycles. The monoisotopic (exact) mass is 401 g/mol. The van der Waals surface area contributed by atoms with Gasteiger partial charge in [0.15, 0.2) is 0 Å². The zero-order valence-corrected chi connectivity index (χ0v) is 16.6. The Hall–Kier alpha value is -2.31. The molecule has 0 aromatic heterocycles. The molecule has 4 rings (SSSR count). The molecule has 0 spiro atoms. The third kappa shape index (κ3) is 3.67. The van der Waals surface area contributed by atoms with E-state index in [1.165, 1.54) is 31.4 Å². The van der Waals surface area contributed by atoms with Gasteiger partial charge in [0.1, 0.15) is 23.3 Å². The average molecular weight is 401 g/mol. The van der Waals surface area contributed by atoms with Gasteiger partial charge in [-0.3, -0.25) is 9.69 Å². The predicted octanol–water partition coefficient (Wildman–Crippen LogP) is 4.24. The second-order valence-corrected chi connectivity index (χ2v) is 8.01. The number of carbonyl (C=O) groups excluding carboxylic acids is 1. The summed E-state index contributed by atoms with van der Waals surface area (Å²) in [6.45, 7) is 0. The Kier molecular flexibility index (Phi) is 5.40. The zero-order chi connectivity index (χ0) is 20.6. The van der Waals surface area contributed by atoms with Crippen LogP contribution in [0, 0.1) is 11.6 Å². The third-order valence-corrected chi connectivity index (χ3v) is 6.45. The number of methoxy groups -OCH3 is 1. The number of halogens is 2. The first kappa shape index (κ1) is 20.0. The normalized spacial score (nSPS) is 26.7.